The third kappa shape index (κ3) is 2.90. The van der Waals surface area contributed by atoms with Crippen LogP contribution in [0.2, 0.25) is 0 Å². The molecule has 0 aliphatic heterocycles. The molecule has 0 atom stereocenters. The molecule has 0 spiro atoms. The molecule has 2 nitrogen and oxygen atoms in total. The Bertz CT molecular complexity index is 130. The minimum atomic E-state index is 0.864. The molecule has 0 aliphatic rings. The quantitative estimate of drug-likeness (QED) is 0.557. The van der Waals surface area contributed by atoms with Gasteiger partial charge in [-0.1, -0.05) is 6.92 Å². The monoisotopic (exact) mass is 126 g/mol. The van der Waals surface area contributed by atoms with Gasteiger partial charge in [-0.2, -0.15) is 0 Å². The largest absolute Gasteiger partial charge is 0.402 e. The van der Waals surface area contributed by atoms with Crippen molar-refractivity contribution in [1.82, 2.24) is 0 Å². The van der Waals surface area contributed by atoms with E-state index in [1.807, 2.05) is 6.92 Å². The second-order valence-electron chi connectivity index (χ2n) is 1.95. The molecule has 0 rings (SSSR count). The zero-order chi connectivity index (χ0) is 7.28. The summed E-state index contributed by atoms with van der Waals surface area (Å²) in [6.07, 6.45) is 2.76. The summed E-state index contributed by atoms with van der Waals surface area (Å²) >= 11 is 0. The molecule has 0 saturated carbocycles. The second-order valence-corrected chi connectivity index (χ2v) is 1.95. The van der Waals surface area contributed by atoms with Gasteiger partial charge in [0.05, 0.1) is 0 Å². The van der Waals surface area contributed by atoms with Crippen molar-refractivity contribution in [2.24, 2.45) is 10.7 Å². The maximum absolute atomic E-state index is 5.52. The van der Waals surface area contributed by atoms with Crippen LogP contribution in [0.3, 0.4) is 0 Å². The van der Waals surface area contributed by atoms with Gasteiger partial charge in [0, 0.05) is 19.0 Å². The third-order valence-electron chi connectivity index (χ3n) is 1.17. The van der Waals surface area contributed by atoms with E-state index in [2.05, 4.69) is 11.9 Å². The number of allylic oxidation sites excluding steroid dienone is 2. The maximum Gasteiger partial charge on any atom is 0.0277 e. The van der Waals surface area contributed by atoms with Crippen LogP contribution in [0.4, 0.5) is 0 Å². The normalized spacial score (nSPS) is 14.1. The van der Waals surface area contributed by atoms with E-state index < -0.39 is 0 Å². The predicted molar refractivity (Wildman–Crippen MR) is 41.6 cm³/mol. The summed E-state index contributed by atoms with van der Waals surface area (Å²) in [5.74, 6) is 0. The van der Waals surface area contributed by atoms with Crippen LogP contribution in [-0.4, -0.2) is 13.3 Å². The van der Waals surface area contributed by atoms with Crippen molar-refractivity contribution in [3.05, 3.63) is 11.3 Å². The van der Waals surface area contributed by atoms with Gasteiger partial charge < -0.3 is 5.73 Å². The molecule has 0 heterocycles. The van der Waals surface area contributed by atoms with E-state index in [0.717, 1.165) is 17.7 Å². The molecule has 9 heavy (non-hydrogen) atoms. The average molecular weight is 126 g/mol. The highest BCUT2D eigenvalue weighted by Crippen LogP contribution is 1.99. The zero-order valence-electron chi connectivity index (χ0n) is 6.31. The van der Waals surface area contributed by atoms with Gasteiger partial charge in [0.25, 0.3) is 0 Å². The van der Waals surface area contributed by atoms with E-state index in [-0.39, 0.29) is 0 Å². The molecule has 0 aromatic heterocycles. The van der Waals surface area contributed by atoms with Crippen molar-refractivity contribution in [2.75, 3.05) is 7.05 Å². The van der Waals surface area contributed by atoms with Crippen LogP contribution in [-0.2, 0) is 0 Å². The molecule has 0 aliphatic carbocycles. The number of hydrogen-bond acceptors (Lipinski definition) is 2. The molecule has 0 aromatic carbocycles. The Kier molecular flexibility index (Phi) is 3.76. The fraction of sp³-hybridized carbons (Fsp3) is 0.571. The summed E-state index contributed by atoms with van der Waals surface area (Å²) in [7, 11) is 1.75. The standard InChI is InChI=1S/C7H14N2/c1-4-7(5-9-3)6(2)8/h5H,4,8H2,1-3H3. The van der Waals surface area contributed by atoms with Gasteiger partial charge in [-0.15, -0.1) is 0 Å². The first-order valence-electron chi connectivity index (χ1n) is 3.09. The summed E-state index contributed by atoms with van der Waals surface area (Å²) in [6.45, 7) is 3.95. The van der Waals surface area contributed by atoms with E-state index in [9.17, 15) is 0 Å². The first-order valence-corrected chi connectivity index (χ1v) is 3.09. The van der Waals surface area contributed by atoms with Gasteiger partial charge in [0.1, 0.15) is 0 Å². The summed E-state index contributed by atoms with van der Waals surface area (Å²) in [5, 5.41) is 0. The lowest BCUT2D eigenvalue weighted by Crippen LogP contribution is -1.98. The van der Waals surface area contributed by atoms with Crippen LogP contribution in [0.1, 0.15) is 20.3 Å². The van der Waals surface area contributed by atoms with Crippen molar-refractivity contribution < 1.29 is 0 Å². The van der Waals surface area contributed by atoms with Crippen molar-refractivity contribution in [1.29, 1.82) is 0 Å². The molecule has 0 bridgehead atoms. The molecule has 2 heteroatoms. The van der Waals surface area contributed by atoms with Crippen LogP contribution in [0.25, 0.3) is 0 Å². The molecule has 2 N–H and O–H groups in total. The van der Waals surface area contributed by atoms with Crippen LogP contribution in [0.15, 0.2) is 16.3 Å². The van der Waals surface area contributed by atoms with Gasteiger partial charge in [0.2, 0.25) is 0 Å². The van der Waals surface area contributed by atoms with Crippen molar-refractivity contribution in [3.8, 4) is 0 Å². The highest BCUT2D eigenvalue weighted by atomic mass is 14.6. The third-order valence-corrected chi connectivity index (χ3v) is 1.17. The fourth-order valence-electron chi connectivity index (χ4n) is 0.628. The van der Waals surface area contributed by atoms with Crippen LogP contribution >= 0.6 is 0 Å². The lowest BCUT2D eigenvalue weighted by Gasteiger charge is -1.97. The first kappa shape index (κ1) is 8.21. The van der Waals surface area contributed by atoms with Crippen molar-refractivity contribution in [2.45, 2.75) is 20.3 Å². The Labute approximate surface area is 56.5 Å². The molecule has 0 fully saturated rings. The fourth-order valence-corrected chi connectivity index (χ4v) is 0.628. The zero-order valence-corrected chi connectivity index (χ0v) is 6.31. The molecule has 0 aromatic rings. The molecule has 0 radical (unpaired) electrons. The lowest BCUT2D eigenvalue weighted by atomic mass is 10.2. The first-order chi connectivity index (χ1) is 4.22. The number of aliphatic imine (C=N–C) groups is 1. The lowest BCUT2D eigenvalue weighted by molar-refractivity contribution is 1.11. The minimum Gasteiger partial charge on any atom is -0.402 e. The summed E-state index contributed by atoms with van der Waals surface area (Å²) in [6, 6.07) is 0. The topological polar surface area (TPSA) is 38.4 Å². The Morgan fingerprint density at radius 1 is 1.67 bits per heavy atom. The number of nitrogens with two attached hydrogens (primary N) is 1. The number of rotatable bonds is 2. The summed E-state index contributed by atoms with van der Waals surface area (Å²) in [4.78, 5) is 3.87. The van der Waals surface area contributed by atoms with Gasteiger partial charge in [0.15, 0.2) is 0 Å². The Balaban J connectivity index is 4.16. The molecule has 0 saturated heterocycles. The summed E-state index contributed by atoms with van der Waals surface area (Å²) < 4.78 is 0. The van der Waals surface area contributed by atoms with Crippen LogP contribution < -0.4 is 5.73 Å². The van der Waals surface area contributed by atoms with E-state index in [1.54, 1.807) is 13.3 Å². The maximum atomic E-state index is 5.52. The Hall–Kier alpha value is -0.790. The predicted octanol–water partition coefficient (Wildman–Crippen LogP) is 1.33. The average Bonchev–Trinajstić information content (AvgIpc) is 1.82. The smallest absolute Gasteiger partial charge is 0.0277 e. The van der Waals surface area contributed by atoms with Crippen LogP contribution in [0, 0.1) is 0 Å². The van der Waals surface area contributed by atoms with Crippen LogP contribution in [0.5, 0.6) is 0 Å². The van der Waals surface area contributed by atoms with E-state index in [4.69, 9.17) is 5.73 Å². The summed E-state index contributed by atoms with van der Waals surface area (Å²) in [5.41, 5.74) is 7.51. The van der Waals surface area contributed by atoms with Gasteiger partial charge in [-0.05, 0) is 18.9 Å². The SMILES string of the molecule is CCC(C=NC)=C(C)N. The molecule has 52 valence electrons. The van der Waals surface area contributed by atoms with Crippen molar-refractivity contribution >= 4 is 6.21 Å². The van der Waals surface area contributed by atoms with Gasteiger partial charge in [-0.25, -0.2) is 0 Å². The Morgan fingerprint density at radius 3 is 2.33 bits per heavy atom. The molecule has 0 unspecified atom stereocenters. The highest BCUT2D eigenvalue weighted by Gasteiger charge is 1.89. The number of nitrogens with zero attached hydrogens (tertiary/aromatic N) is 1. The Morgan fingerprint density at radius 2 is 2.22 bits per heavy atom. The number of hydrogen-bond donors (Lipinski definition) is 1. The van der Waals surface area contributed by atoms with Crippen molar-refractivity contribution in [3.63, 3.8) is 0 Å². The minimum absolute atomic E-state index is 0.864. The van der Waals surface area contributed by atoms with E-state index in [1.165, 1.54) is 0 Å². The molecular formula is C7H14N2. The molecular weight excluding hydrogens is 112 g/mol. The van der Waals surface area contributed by atoms with E-state index in [0.29, 0.717) is 0 Å². The highest BCUT2D eigenvalue weighted by molar-refractivity contribution is 5.79. The second kappa shape index (κ2) is 4.13. The van der Waals surface area contributed by atoms with Gasteiger partial charge in [-0.3, -0.25) is 4.99 Å². The van der Waals surface area contributed by atoms with E-state index >= 15 is 0 Å². The van der Waals surface area contributed by atoms with Gasteiger partial charge >= 0.3 is 0 Å². The molecule has 0 amide bonds.